The Labute approximate surface area is 131 Å². The Kier molecular flexibility index (Phi) is 4.16. The minimum atomic E-state index is 0.871. The summed E-state index contributed by atoms with van der Waals surface area (Å²) in [6.07, 6.45) is 3.13. The van der Waals surface area contributed by atoms with Crippen molar-refractivity contribution in [3.8, 4) is 11.5 Å². The molecule has 22 heavy (non-hydrogen) atoms. The molecule has 3 aromatic rings. The van der Waals surface area contributed by atoms with Crippen LogP contribution in [0.25, 0.3) is 10.9 Å². The molecule has 0 aliphatic carbocycles. The van der Waals surface area contributed by atoms with E-state index < -0.39 is 0 Å². The van der Waals surface area contributed by atoms with Crippen LogP contribution in [-0.4, -0.2) is 30.5 Å². The van der Waals surface area contributed by atoms with Crippen LogP contribution >= 0.6 is 0 Å². The van der Waals surface area contributed by atoms with Gasteiger partial charge in [0, 0.05) is 23.6 Å². The highest BCUT2D eigenvalue weighted by Crippen LogP contribution is 2.27. The summed E-state index contributed by atoms with van der Waals surface area (Å²) in [5, 5.41) is 1.24. The number of ether oxygens (including phenoxy) is 1. The summed E-state index contributed by atoms with van der Waals surface area (Å²) in [6.45, 7) is 3.11. The number of hydrogen-bond donors (Lipinski definition) is 1. The Morgan fingerprint density at radius 3 is 2.45 bits per heavy atom. The number of aromatic nitrogens is 1. The number of H-pyrrole nitrogens is 1. The van der Waals surface area contributed by atoms with E-state index >= 15 is 0 Å². The van der Waals surface area contributed by atoms with Crippen molar-refractivity contribution in [3.63, 3.8) is 0 Å². The quantitative estimate of drug-likeness (QED) is 0.756. The first-order valence-corrected chi connectivity index (χ1v) is 7.61. The molecule has 0 amide bonds. The van der Waals surface area contributed by atoms with Crippen molar-refractivity contribution in [2.45, 2.75) is 13.3 Å². The van der Waals surface area contributed by atoms with Crippen LogP contribution in [-0.2, 0) is 6.42 Å². The SMILES string of the molecule is Cc1ccc(Oc2ccc3[nH]cc(CCN(C)C)c3c2)cc1. The van der Waals surface area contributed by atoms with E-state index in [9.17, 15) is 0 Å². The van der Waals surface area contributed by atoms with Gasteiger partial charge >= 0.3 is 0 Å². The fraction of sp³-hybridized carbons (Fsp3) is 0.263. The topological polar surface area (TPSA) is 28.3 Å². The lowest BCUT2D eigenvalue weighted by Crippen LogP contribution is -2.14. The van der Waals surface area contributed by atoms with Gasteiger partial charge in [0.2, 0.25) is 0 Å². The number of benzene rings is 2. The second-order valence-corrected chi connectivity index (χ2v) is 5.99. The van der Waals surface area contributed by atoms with E-state index in [-0.39, 0.29) is 0 Å². The molecule has 114 valence electrons. The smallest absolute Gasteiger partial charge is 0.128 e. The first kappa shape index (κ1) is 14.7. The lowest BCUT2D eigenvalue weighted by atomic mass is 10.1. The normalized spacial score (nSPS) is 11.3. The van der Waals surface area contributed by atoms with Gasteiger partial charge in [-0.1, -0.05) is 17.7 Å². The van der Waals surface area contributed by atoms with Gasteiger partial charge in [0.05, 0.1) is 0 Å². The number of rotatable bonds is 5. The summed E-state index contributed by atoms with van der Waals surface area (Å²) in [5.74, 6) is 1.75. The molecule has 1 heterocycles. The van der Waals surface area contributed by atoms with Crippen molar-refractivity contribution in [2.24, 2.45) is 0 Å². The van der Waals surface area contributed by atoms with Crippen molar-refractivity contribution >= 4 is 10.9 Å². The average Bonchev–Trinajstić information content (AvgIpc) is 2.90. The standard InChI is InChI=1S/C19H22N2O/c1-14-4-6-16(7-5-14)22-17-8-9-19-18(12-17)15(13-20-19)10-11-21(2)3/h4-9,12-13,20H,10-11H2,1-3H3. The van der Waals surface area contributed by atoms with Gasteiger partial charge in [-0.25, -0.2) is 0 Å². The summed E-state index contributed by atoms with van der Waals surface area (Å²) in [7, 11) is 4.20. The number of nitrogens with one attached hydrogen (secondary N) is 1. The van der Waals surface area contributed by atoms with E-state index in [4.69, 9.17) is 4.74 Å². The average molecular weight is 294 g/mol. The van der Waals surface area contributed by atoms with Crippen LogP contribution in [0.2, 0.25) is 0 Å². The van der Waals surface area contributed by atoms with Crippen LogP contribution in [0.1, 0.15) is 11.1 Å². The summed E-state index contributed by atoms with van der Waals surface area (Å²) in [4.78, 5) is 5.54. The second-order valence-electron chi connectivity index (χ2n) is 5.99. The van der Waals surface area contributed by atoms with Crippen molar-refractivity contribution in [1.82, 2.24) is 9.88 Å². The van der Waals surface area contributed by atoms with Gasteiger partial charge in [0.25, 0.3) is 0 Å². The van der Waals surface area contributed by atoms with E-state index in [0.717, 1.165) is 30.0 Å². The molecule has 1 aromatic heterocycles. The summed E-state index contributed by atoms with van der Waals surface area (Å²) in [6, 6.07) is 14.3. The first-order valence-electron chi connectivity index (χ1n) is 7.61. The van der Waals surface area contributed by atoms with Crippen molar-refractivity contribution in [2.75, 3.05) is 20.6 Å². The van der Waals surface area contributed by atoms with E-state index in [1.165, 1.54) is 16.5 Å². The zero-order valence-electron chi connectivity index (χ0n) is 13.4. The van der Waals surface area contributed by atoms with Crippen LogP contribution in [0.15, 0.2) is 48.7 Å². The van der Waals surface area contributed by atoms with Gasteiger partial charge in [-0.05, 0) is 63.3 Å². The molecule has 3 rings (SSSR count). The molecule has 3 heteroatoms. The van der Waals surface area contributed by atoms with Crippen molar-refractivity contribution in [3.05, 3.63) is 59.8 Å². The third kappa shape index (κ3) is 3.31. The van der Waals surface area contributed by atoms with Crippen LogP contribution in [0.4, 0.5) is 0 Å². The molecule has 0 saturated heterocycles. The van der Waals surface area contributed by atoms with Crippen LogP contribution < -0.4 is 4.74 Å². The Morgan fingerprint density at radius 2 is 1.73 bits per heavy atom. The van der Waals surface area contributed by atoms with E-state index in [1.807, 2.05) is 18.2 Å². The van der Waals surface area contributed by atoms with Crippen LogP contribution in [0.5, 0.6) is 11.5 Å². The van der Waals surface area contributed by atoms with Gasteiger partial charge in [0.1, 0.15) is 11.5 Å². The van der Waals surface area contributed by atoms with Crippen molar-refractivity contribution < 1.29 is 4.74 Å². The molecule has 0 fully saturated rings. The lowest BCUT2D eigenvalue weighted by molar-refractivity contribution is 0.414. The molecule has 0 atom stereocenters. The Bertz CT molecular complexity index is 757. The zero-order chi connectivity index (χ0) is 15.5. The van der Waals surface area contributed by atoms with Gasteiger partial charge in [-0.3, -0.25) is 0 Å². The zero-order valence-corrected chi connectivity index (χ0v) is 13.4. The molecule has 0 unspecified atom stereocenters. The maximum atomic E-state index is 5.97. The fourth-order valence-corrected chi connectivity index (χ4v) is 2.51. The molecule has 2 aromatic carbocycles. The van der Waals surface area contributed by atoms with Gasteiger partial charge in [-0.15, -0.1) is 0 Å². The highest BCUT2D eigenvalue weighted by molar-refractivity contribution is 5.84. The molecule has 3 nitrogen and oxygen atoms in total. The Morgan fingerprint density at radius 1 is 1.00 bits per heavy atom. The van der Waals surface area contributed by atoms with Gasteiger partial charge in [-0.2, -0.15) is 0 Å². The van der Waals surface area contributed by atoms with Crippen LogP contribution in [0, 0.1) is 6.92 Å². The number of nitrogens with zero attached hydrogens (tertiary/aromatic N) is 1. The fourth-order valence-electron chi connectivity index (χ4n) is 2.51. The maximum Gasteiger partial charge on any atom is 0.128 e. The summed E-state index contributed by atoms with van der Waals surface area (Å²) < 4.78 is 5.97. The second kappa shape index (κ2) is 6.24. The predicted octanol–water partition coefficient (Wildman–Crippen LogP) is 4.37. The molecule has 0 bridgehead atoms. The maximum absolute atomic E-state index is 5.97. The molecule has 0 radical (unpaired) electrons. The number of fused-ring (bicyclic) bond motifs is 1. The minimum absolute atomic E-state index is 0.871. The first-order chi connectivity index (χ1) is 10.6. The monoisotopic (exact) mass is 294 g/mol. The van der Waals surface area contributed by atoms with Crippen molar-refractivity contribution in [1.29, 1.82) is 0 Å². The number of aryl methyl sites for hydroxylation is 1. The van der Waals surface area contributed by atoms with E-state index in [2.05, 4.69) is 61.4 Å². The van der Waals surface area contributed by atoms with Gasteiger partial charge < -0.3 is 14.6 Å². The molecule has 1 N–H and O–H groups in total. The molecule has 0 spiro atoms. The Hall–Kier alpha value is -2.26. The summed E-state index contributed by atoms with van der Waals surface area (Å²) >= 11 is 0. The summed E-state index contributed by atoms with van der Waals surface area (Å²) in [5.41, 5.74) is 3.72. The third-order valence-corrected chi connectivity index (χ3v) is 3.82. The predicted molar refractivity (Wildman–Crippen MR) is 91.8 cm³/mol. The molecular formula is C19H22N2O. The molecule has 0 aliphatic heterocycles. The highest BCUT2D eigenvalue weighted by atomic mass is 16.5. The van der Waals surface area contributed by atoms with Gasteiger partial charge in [0.15, 0.2) is 0 Å². The minimum Gasteiger partial charge on any atom is -0.457 e. The van der Waals surface area contributed by atoms with E-state index in [1.54, 1.807) is 0 Å². The number of likely N-dealkylation sites (N-methyl/N-ethyl adjacent to an activating group) is 1. The Balaban J connectivity index is 1.84. The number of aromatic amines is 1. The van der Waals surface area contributed by atoms with E-state index in [0.29, 0.717) is 0 Å². The molecule has 0 saturated carbocycles. The van der Waals surface area contributed by atoms with Crippen LogP contribution in [0.3, 0.4) is 0 Å². The number of hydrogen-bond acceptors (Lipinski definition) is 2. The largest absolute Gasteiger partial charge is 0.457 e. The lowest BCUT2D eigenvalue weighted by Gasteiger charge is -2.09. The third-order valence-electron chi connectivity index (χ3n) is 3.82. The highest BCUT2D eigenvalue weighted by Gasteiger charge is 2.06. The molecule has 0 aliphatic rings. The molecular weight excluding hydrogens is 272 g/mol.